The largest absolute Gasteiger partial charge is 0.503 e. The van der Waals surface area contributed by atoms with Gasteiger partial charge in [0, 0.05) is 43.4 Å². The first-order chi connectivity index (χ1) is 14.7. The van der Waals surface area contributed by atoms with E-state index in [9.17, 15) is 37.5 Å². The second-order valence-electron chi connectivity index (χ2n) is 7.42. The zero-order valence-electron chi connectivity index (χ0n) is 16.0. The number of hydrogen-bond acceptors (Lipinski definition) is 5. The number of nitrogens with zero attached hydrogens (tertiary/aromatic N) is 2. The van der Waals surface area contributed by atoms with Crippen molar-refractivity contribution in [3.05, 3.63) is 62.8 Å². The summed E-state index contributed by atoms with van der Waals surface area (Å²) in [5.41, 5.74) is -2.60. The van der Waals surface area contributed by atoms with Gasteiger partial charge in [-0.15, -0.1) is 0 Å². The average Bonchev–Trinajstić information content (AvgIpc) is 2.87. The fourth-order valence-corrected chi connectivity index (χ4v) is 3.85. The molecule has 0 saturated carbocycles. The van der Waals surface area contributed by atoms with Crippen LogP contribution in [0.5, 0.6) is 5.75 Å². The summed E-state index contributed by atoms with van der Waals surface area (Å²) < 4.78 is 41.9. The minimum Gasteiger partial charge on any atom is -0.503 e. The number of rotatable bonds is 3. The molecule has 1 fully saturated rings. The molecule has 162 valence electrons. The van der Waals surface area contributed by atoms with E-state index in [0.717, 1.165) is 6.20 Å². The summed E-state index contributed by atoms with van der Waals surface area (Å²) in [5.74, 6) is -6.40. The first-order valence-corrected chi connectivity index (χ1v) is 9.38. The minimum atomic E-state index is -1.21. The standard InChI is InChI=1S/C20H16F3N3O5/c21-9-3-14(22)12(15(23)4-9)5-24-19(30)13-8-26-10-1-2-11(27)7-25(6-10)20(31)16(26)18(29)17(13)28/h3-4,8,10,29H,1-2,5-7H2,(H,24,30). The molecule has 0 aliphatic carbocycles. The van der Waals surface area contributed by atoms with E-state index in [1.807, 2.05) is 0 Å². The first-order valence-electron chi connectivity index (χ1n) is 9.38. The second kappa shape index (κ2) is 7.56. The summed E-state index contributed by atoms with van der Waals surface area (Å²) in [7, 11) is 0. The van der Waals surface area contributed by atoms with Crippen LogP contribution in [0.4, 0.5) is 13.2 Å². The van der Waals surface area contributed by atoms with E-state index >= 15 is 0 Å². The number of aromatic hydroxyl groups is 1. The summed E-state index contributed by atoms with van der Waals surface area (Å²) >= 11 is 0. The highest BCUT2D eigenvalue weighted by atomic mass is 19.1. The number of halogens is 3. The predicted molar refractivity (Wildman–Crippen MR) is 99.0 cm³/mol. The second-order valence-corrected chi connectivity index (χ2v) is 7.42. The van der Waals surface area contributed by atoms with E-state index in [0.29, 0.717) is 18.6 Å². The van der Waals surface area contributed by atoms with Gasteiger partial charge in [0.15, 0.2) is 17.2 Å². The van der Waals surface area contributed by atoms with Crippen LogP contribution in [0.15, 0.2) is 23.1 Å². The topological polar surface area (TPSA) is 109 Å². The maximum atomic E-state index is 13.8. The summed E-state index contributed by atoms with van der Waals surface area (Å²) in [6, 6.07) is 0.466. The van der Waals surface area contributed by atoms with E-state index in [4.69, 9.17) is 0 Å². The van der Waals surface area contributed by atoms with Crippen molar-refractivity contribution in [1.29, 1.82) is 0 Å². The third-order valence-corrected chi connectivity index (χ3v) is 5.42. The van der Waals surface area contributed by atoms with E-state index < -0.39 is 64.2 Å². The number of ketones is 1. The number of fused-ring (bicyclic) bond motifs is 4. The molecule has 2 bridgehead atoms. The molecule has 1 unspecified atom stereocenters. The molecular weight excluding hydrogens is 419 g/mol. The molecule has 1 atom stereocenters. The number of amides is 2. The zero-order valence-corrected chi connectivity index (χ0v) is 16.0. The summed E-state index contributed by atoms with van der Waals surface area (Å²) in [6.07, 6.45) is 1.62. The van der Waals surface area contributed by atoms with Gasteiger partial charge in [0.2, 0.25) is 5.43 Å². The van der Waals surface area contributed by atoms with Gasteiger partial charge in [-0.1, -0.05) is 0 Å². The molecule has 31 heavy (non-hydrogen) atoms. The summed E-state index contributed by atoms with van der Waals surface area (Å²) in [4.78, 5) is 50.8. The van der Waals surface area contributed by atoms with Gasteiger partial charge >= 0.3 is 0 Å². The summed E-state index contributed by atoms with van der Waals surface area (Å²) in [6.45, 7) is -0.629. The first kappa shape index (κ1) is 20.6. The van der Waals surface area contributed by atoms with Crippen molar-refractivity contribution in [2.45, 2.75) is 25.4 Å². The molecule has 2 aliphatic rings. The van der Waals surface area contributed by atoms with E-state index in [2.05, 4.69) is 5.32 Å². The monoisotopic (exact) mass is 435 g/mol. The number of carbonyl (C=O) groups is 3. The van der Waals surface area contributed by atoms with Gasteiger partial charge in [-0.3, -0.25) is 19.2 Å². The van der Waals surface area contributed by atoms with Gasteiger partial charge in [0.1, 0.15) is 23.0 Å². The Morgan fingerprint density at radius 2 is 1.84 bits per heavy atom. The molecule has 3 heterocycles. The van der Waals surface area contributed by atoms with Crippen molar-refractivity contribution in [3.8, 4) is 5.75 Å². The fraction of sp³-hybridized carbons (Fsp3) is 0.300. The Bertz CT molecular complexity index is 1170. The Hall–Kier alpha value is -3.63. The number of hydrogen-bond donors (Lipinski definition) is 2. The van der Waals surface area contributed by atoms with Crippen molar-refractivity contribution in [2.24, 2.45) is 0 Å². The lowest BCUT2D eigenvalue weighted by atomic mass is 10.1. The Labute approximate surface area is 172 Å². The zero-order chi connectivity index (χ0) is 22.4. The van der Waals surface area contributed by atoms with Crippen LogP contribution in [0.2, 0.25) is 0 Å². The number of pyridine rings is 1. The smallest absolute Gasteiger partial charge is 0.274 e. The van der Waals surface area contributed by atoms with Gasteiger partial charge < -0.3 is 19.9 Å². The Balaban J connectivity index is 1.67. The van der Waals surface area contributed by atoms with Crippen LogP contribution >= 0.6 is 0 Å². The van der Waals surface area contributed by atoms with Gasteiger partial charge in [-0.05, 0) is 6.42 Å². The van der Waals surface area contributed by atoms with E-state index in [1.54, 1.807) is 0 Å². The summed E-state index contributed by atoms with van der Waals surface area (Å²) in [5, 5.41) is 12.5. The van der Waals surface area contributed by atoms with Crippen LogP contribution in [0.1, 0.15) is 45.3 Å². The van der Waals surface area contributed by atoms with Crippen molar-refractivity contribution >= 4 is 17.6 Å². The lowest BCUT2D eigenvalue weighted by molar-refractivity contribution is -0.119. The third kappa shape index (κ3) is 3.56. The van der Waals surface area contributed by atoms with Gasteiger partial charge in [0.25, 0.3) is 11.8 Å². The predicted octanol–water partition coefficient (Wildman–Crippen LogP) is 1.26. The van der Waals surface area contributed by atoms with Crippen LogP contribution < -0.4 is 10.7 Å². The molecule has 1 aromatic heterocycles. The van der Waals surface area contributed by atoms with Crippen molar-refractivity contribution in [3.63, 3.8) is 0 Å². The maximum Gasteiger partial charge on any atom is 0.274 e. The van der Waals surface area contributed by atoms with Crippen molar-refractivity contribution < 1.29 is 32.7 Å². The van der Waals surface area contributed by atoms with Crippen LogP contribution in [-0.2, 0) is 11.3 Å². The Kier molecular flexibility index (Phi) is 5.03. The Morgan fingerprint density at radius 1 is 1.16 bits per heavy atom. The number of aromatic nitrogens is 1. The van der Waals surface area contributed by atoms with Crippen LogP contribution in [0.25, 0.3) is 0 Å². The highest BCUT2D eigenvalue weighted by Crippen LogP contribution is 2.31. The molecule has 11 heteroatoms. The molecular formula is C20H16F3N3O5. The minimum absolute atomic E-state index is 0.125. The van der Waals surface area contributed by atoms with Gasteiger partial charge in [-0.25, -0.2) is 13.2 Å². The number of carbonyl (C=O) groups excluding carboxylic acids is 3. The molecule has 2 N–H and O–H groups in total. The van der Waals surface area contributed by atoms with Crippen LogP contribution in [-0.4, -0.2) is 45.3 Å². The van der Waals surface area contributed by atoms with Gasteiger partial charge in [-0.2, -0.15) is 0 Å². The van der Waals surface area contributed by atoms with Gasteiger partial charge in [0.05, 0.1) is 12.6 Å². The van der Waals surface area contributed by atoms with Crippen LogP contribution in [0, 0.1) is 17.5 Å². The number of nitrogens with one attached hydrogen (secondary N) is 1. The highest BCUT2D eigenvalue weighted by Gasteiger charge is 2.38. The van der Waals surface area contributed by atoms with Crippen LogP contribution in [0.3, 0.4) is 0 Å². The highest BCUT2D eigenvalue weighted by molar-refractivity contribution is 6.00. The fourth-order valence-electron chi connectivity index (χ4n) is 3.85. The maximum absolute atomic E-state index is 13.8. The molecule has 4 rings (SSSR count). The molecule has 8 nitrogen and oxygen atoms in total. The van der Waals surface area contributed by atoms with Crippen molar-refractivity contribution in [2.75, 3.05) is 13.1 Å². The molecule has 0 spiro atoms. The molecule has 1 saturated heterocycles. The normalized spacial score (nSPS) is 17.9. The molecule has 2 aliphatic heterocycles. The van der Waals surface area contributed by atoms with E-state index in [-0.39, 0.29) is 31.0 Å². The van der Waals surface area contributed by atoms with E-state index in [1.165, 1.54) is 9.47 Å². The SMILES string of the molecule is O=C1CCC2CN(C1)C(=O)c1c(O)c(=O)c(C(=O)NCc3c(F)cc(F)cc3F)cn12. The molecule has 1 aromatic carbocycles. The number of benzene rings is 1. The number of Topliss-reactive ketones (excluding diaryl/α,β-unsaturated/α-hetero) is 1. The van der Waals surface area contributed by atoms with Crippen molar-refractivity contribution in [1.82, 2.24) is 14.8 Å². The molecule has 2 amide bonds. The molecule has 0 radical (unpaired) electrons. The average molecular weight is 435 g/mol. The lowest BCUT2D eigenvalue weighted by Gasteiger charge is -2.34. The third-order valence-electron chi connectivity index (χ3n) is 5.42. The lowest BCUT2D eigenvalue weighted by Crippen LogP contribution is -2.45. The Morgan fingerprint density at radius 3 is 2.52 bits per heavy atom. The molecule has 2 aromatic rings. The quantitative estimate of drug-likeness (QED) is 0.755.